The van der Waals surface area contributed by atoms with Gasteiger partial charge in [-0.1, -0.05) is 18.2 Å². The number of ether oxygens (including phenoxy) is 1. The molecule has 0 saturated carbocycles. The Morgan fingerprint density at radius 2 is 1.89 bits per heavy atom. The first-order valence-electron chi connectivity index (χ1n) is 11.0. The number of carbonyl (C=O) groups is 1. The number of ketones is 1. The van der Waals surface area contributed by atoms with Crippen LogP contribution in [-0.2, 0) is 9.53 Å². The molecule has 2 aliphatic heterocycles. The van der Waals surface area contributed by atoms with Gasteiger partial charge in [0.2, 0.25) is 5.78 Å². The van der Waals surface area contributed by atoms with Gasteiger partial charge in [0, 0.05) is 39.7 Å². The van der Waals surface area contributed by atoms with E-state index in [-0.39, 0.29) is 23.7 Å². The summed E-state index contributed by atoms with van der Waals surface area (Å²) in [6.45, 7) is 0.0285. The lowest BCUT2D eigenvalue weighted by molar-refractivity contribution is -0.112. The molecule has 0 amide bonds. The molecule has 1 fully saturated rings. The fourth-order valence-corrected chi connectivity index (χ4v) is 6.84. The standard InChI is InChI=1S/C25H22F3IN4O2/c1-35-22-15-32(20-9-8-18(14-19(20)26)31-13-5-11-25(27,28)16-31)29-23(24(22)34)21-10-12-30-33(21)17-6-3-2-4-7-17/h2-4,6-10,12,14-15H,5,11,13,16H2,1H3. The van der Waals surface area contributed by atoms with Crippen LogP contribution in [0.15, 0.2) is 72.8 Å². The lowest BCUT2D eigenvalue weighted by Gasteiger charge is -2.34. The fraction of sp³-hybridized carbons (Fsp3) is 0.240. The van der Waals surface area contributed by atoms with E-state index in [2.05, 4.69) is 5.10 Å². The Morgan fingerprint density at radius 1 is 1.09 bits per heavy atom. The number of methoxy groups -OCH3 is 1. The first kappa shape index (κ1) is 23.6. The Kier molecular flexibility index (Phi) is 6.39. The minimum absolute atomic E-state index is 0.0888. The van der Waals surface area contributed by atoms with Crippen LogP contribution in [0, 0.1) is 5.82 Å². The monoisotopic (exact) mass is 594 g/mol. The summed E-state index contributed by atoms with van der Waals surface area (Å²) in [5.74, 6) is -3.51. The number of hydrogen-bond donors (Lipinski definition) is 0. The number of halogens is 4. The van der Waals surface area contributed by atoms with E-state index in [0.29, 0.717) is 27.9 Å². The molecule has 2 aliphatic rings. The molecule has 10 heteroatoms. The summed E-state index contributed by atoms with van der Waals surface area (Å²) in [6, 6.07) is 15.7. The first-order valence-corrected chi connectivity index (χ1v) is 13.0. The molecule has 0 aliphatic carbocycles. The van der Waals surface area contributed by atoms with E-state index in [4.69, 9.17) is 4.74 Å². The van der Waals surface area contributed by atoms with E-state index >= 15 is 4.39 Å². The van der Waals surface area contributed by atoms with Crippen LogP contribution in [0.2, 0.25) is 0 Å². The zero-order chi connectivity index (χ0) is 24.6. The van der Waals surface area contributed by atoms with Crippen LogP contribution in [0.25, 0.3) is 5.69 Å². The minimum atomic E-state index is -2.78. The molecule has 0 atom stereocenters. The van der Waals surface area contributed by atoms with Crippen LogP contribution in [-0.4, -0.2) is 45.2 Å². The van der Waals surface area contributed by atoms with Gasteiger partial charge >= 0.3 is 0 Å². The molecular weight excluding hydrogens is 572 g/mol. The number of Topliss-reactive ketones (excluding diaryl/α,β-unsaturated/α-hetero) is 1. The van der Waals surface area contributed by atoms with Gasteiger partial charge in [0.25, 0.3) is 5.92 Å². The van der Waals surface area contributed by atoms with Gasteiger partial charge in [0.05, 0.1) is 43.1 Å². The number of allylic oxidation sites excluding steroid dienone is 1. The largest absolute Gasteiger partial charge is 0.491 e. The predicted octanol–water partition coefficient (Wildman–Crippen LogP) is 5.23. The molecule has 0 radical (unpaired) electrons. The number of alkyl halides is 2. The maximum atomic E-state index is 15.3. The van der Waals surface area contributed by atoms with E-state index in [1.807, 2.05) is 30.3 Å². The number of hydrogen-bond acceptors (Lipinski definition) is 5. The molecule has 35 heavy (non-hydrogen) atoms. The quantitative estimate of drug-likeness (QED) is 0.299. The van der Waals surface area contributed by atoms with Crippen molar-refractivity contribution in [2.24, 2.45) is 0 Å². The van der Waals surface area contributed by atoms with Crippen molar-refractivity contribution in [2.75, 3.05) is 28.2 Å². The Balaban J connectivity index is 1.51. The summed E-state index contributed by atoms with van der Waals surface area (Å²) in [6.07, 6.45) is 3.32. The number of anilines is 2. The number of rotatable bonds is 5. The second kappa shape index (κ2) is 9.48. The van der Waals surface area contributed by atoms with Crippen molar-refractivity contribution >= 4 is 41.7 Å². The Bertz CT molecular complexity index is 1320. The van der Waals surface area contributed by atoms with Crippen LogP contribution >= 0.6 is 21.0 Å². The molecule has 5 rings (SSSR count). The molecular formula is C25H22F3IN4O2. The third-order valence-corrected chi connectivity index (χ3v) is 8.68. The Morgan fingerprint density at radius 3 is 2.60 bits per heavy atom. The van der Waals surface area contributed by atoms with Crippen molar-refractivity contribution in [1.82, 2.24) is 9.78 Å². The summed E-state index contributed by atoms with van der Waals surface area (Å²) < 4.78 is 52.2. The Hall–Kier alpha value is -3.15. The van der Waals surface area contributed by atoms with Crippen molar-refractivity contribution < 1.29 is 22.7 Å². The van der Waals surface area contributed by atoms with Gasteiger partial charge in [-0.2, -0.15) is 5.10 Å². The maximum absolute atomic E-state index is 15.3. The number of carbonyl (C=O) groups excluding carboxylic acids is 1. The highest BCUT2D eigenvalue weighted by molar-refractivity contribution is 14.2. The normalized spacial score (nSPS) is 18.0. The predicted molar refractivity (Wildman–Crippen MR) is 137 cm³/mol. The summed E-state index contributed by atoms with van der Waals surface area (Å²) in [7, 11) is 1.40. The van der Waals surface area contributed by atoms with Gasteiger partial charge in [-0.05, 0) is 42.8 Å². The average Bonchev–Trinajstić information content (AvgIpc) is 3.34. The van der Waals surface area contributed by atoms with E-state index in [1.54, 1.807) is 32.2 Å². The summed E-state index contributed by atoms with van der Waals surface area (Å²) in [5.41, 5.74) is 2.09. The van der Waals surface area contributed by atoms with Crippen molar-refractivity contribution in [3.63, 3.8) is 0 Å². The van der Waals surface area contributed by atoms with E-state index in [0.717, 1.165) is 5.69 Å². The lowest BCUT2D eigenvalue weighted by Crippen LogP contribution is -2.42. The van der Waals surface area contributed by atoms with Gasteiger partial charge in [-0.3, -0.25) is 7.91 Å². The highest BCUT2D eigenvalue weighted by atomic mass is 127. The summed E-state index contributed by atoms with van der Waals surface area (Å²) >= 11 is -1.18. The zero-order valence-electron chi connectivity index (χ0n) is 18.8. The summed E-state index contributed by atoms with van der Waals surface area (Å²) in [4.78, 5) is 14.7. The average molecular weight is 594 g/mol. The molecule has 3 heterocycles. The second-order valence-electron chi connectivity index (χ2n) is 8.22. The molecule has 0 bridgehead atoms. The SMILES string of the molecule is COC1=CN(c2ccc(N3CCCC(F)(F)C3)cc2F)I=C(c2ccnn2-c2ccccc2)C1=O. The van der Waals surface area contributed by atoms with E-state index in [9.17, 15) is 13.6 Å². The van der Waals surface area contributed by atoms with Crippen molar-refractivity contribution in [3.8, 4) is 5.69 Å². The van der Waals surface area contributed by atoms with Crippen molar-refractivity contribution in [3.05, 3.63) is 84.3 Å². The highest BCUT2D eigenvalue weighted by Crippen LogP contribution is 2.36. The molecule has 0 unspecified atom stereocenters. The molecule has 1 aromatic heterocycles. The second-order valence-corrected chi connectivity index (χ2v) is 10.8. The van der Waals surface area contributed by atoms with E-state index < -0.39 is 39.3 Å². The molecule has 0 spiro atoms. The van der Waals surface area contributed by atoms with Crippen molar-refractivity contribution in [2.45, 2.75) is 18.8 Å². The molecule has 6 nitrogen and oxygen atoms in total. The van der Waals surface area contributed by atoms with E-state index in [1.165, 1.54) is 24.3 Å². The number of aromatic nitrogens is 2. The number of piperidine rings is 1. The number of nitrogens with zero attached hydrogens (tertiary/aromatic N) is 4. The van der Waals surface area contributed by atoms with Crippen LogP contribution < -0.4 is 8.01 Å². The van der Waals surface area contributed by atoms with Crippen LogP contribution in [0.5, 0.6) is 0 Å². The highest BCUT2D eigenvalue weighted by Gasteiger charge is 2.35. The fourth-order valence-electron chi connectivity index (χ4n) is 4.14. The molecule has 1 saturated heterocycles. The molecule has 2 aromatic carbocycles. The third kappa shape index (κ3) is 4.71. The van der Waals surface area contributed by atoms with Gasteiger partial charge in [0.1, 0.15) is 9.33 Å². The van der Waals surface area contributed by atoms with Gasteiger partial charge < -0.3 is 9.64 Å². The first-order chi connectivity index (χ1) is 16.9. The summed E-state index contributed by atoms with van der Waals surface area (Å²) in [5, 5.41) is 4.38. The molecule has 0 N–H and O–H groups in total. The van der Waals surface area contributed by atoms with Crippen LogP contribution in [0.3, 0.4) is 0 Å². The topological polar surface area (TPSA) is 50.6 Å². The smallest absolute Gasteiger partial charge is 0.265 e. The number of benzene rings is 2. The zero-order valence-corrected chi connectivity index (χ0v) is 21.0. The van der Waals surface area contributed by atoms with Crippen LogP contribution in [0.1, 0.15) is 18.5 Å². The Labute approximate surface area is 210 Å². The van der Waals surface area contributed by atoms with Gasteiger partial charge in [-0.25, -0.2) is 17.9 Å². The third-order valence-electron chi connectivity index (χ3n) is 5.84. The van der Waals surface area contributed by atoms with Crippen LogP contribution in [0.4, 0.5) is 24.5 Å². The molecule has 3 aromatic rings. The molecule has 182 valence electrons. The number of para-hydroxylation sites is 1. The van der Waals surface area contributed by atoms with Gasteiger partial charge in [-0.15, -0.1) is 0 Å². The maximum Gasteiger partial charge on any atom is 0.265 e. The van der Waals surface area contributed by atoms with Crippen molar-refractivity contribution in [1.29, 1.82) is 0 Å². The lowest BCUT2D eigenvalue weighted by atomic mass is 10.1. The minimum Gasteiger partial charge on any atom is -0.491 e. The van der Waals surface area contributed by atoms with Gasteiger partial charge in [0.15, 0.2) is 5.76 Å².